The lowest BCUT2D eigenvalue weighted by Crippen LogP contribution is -2.32. The van der Waals surface area contributed by atoms with Crippen LogP contribution in [0.1, 0.15) is 44.4 Å². The minimum atomic E-state index is -3.32. The lowest BCUT2D eigenvalue weighted by Gasteiger charge is -2.10. The van der Waals surface area contributed by atoms with E-state index in [9.17, 15) is 8.42 Å². The minimum absolute atomic E-state index is 0.133. The molecule has 0 radical (unpaired) electrons. The maximum absolute atomic E-state index is 12.3. The number of sulfonamides is 1. The number of hydrogen-bond donors (Lipinski definition) is 2. The van der Waals surface area contributed by atoms with Crippen LogP contribution in [0.25, 0.3) is 0 Å². The Kier molecular flexibility index (Phi) is 5.60. The van der Waals surface area contributed by atoms with Crippen molar-refractivity contribution < 1.29 is 8.42 Å². The Labute approximate surface area is 126 Å². The van der Waals surface area contributed by atoms with Gasteiger partial charge in [0.2, 0.25) is 10.0 Å². The Hall–Kier alpha value is -0.430. The summed E-state index contributed by atoms with van der Waals surface area (Å²) in [6, 6.07) is 4.25. The van der Waals surface area contributed by atoms with Gasteiger partial charge in [0.05, 0.1) is 0 Å². The summed E-state index contributed by atoms with van der Waals surface area (Å²) in [5, 5.41) is 3.34. The van der Waals surface area contributed by atoms with Gasteiger partial charge in [-0.05, 0) is 31.4 Å². The normalized spacial score (nSPS) is 17.1. The summed E-state index contributed by atoms with van der Waals surface area (Å²) in [5.41, 5.74) is 0. The quantitative estimate of drug-likeness (QED) is 0.812. The third-order valence-corrected chi connectivity index (χ3v) is 6.66. The molecule has 1 aromatic heterocycles. The topological polar surface area (TPSA) is 58.2 Å². The van der Waals surface area contributed by atoms with Crippen molar-refractivity contribution in [2.24, 2.45) is 0 Å². The van der Waals surface area contributed by atoms with E-state index in [1.54, 1.807) is 6.07 Å². The molecule has 0 spiro atoms. The van der Waals surface area contributed by atoms with Crippen LogP contribution in [0.4, 0.5) is 0 Å². The van der Waals surface area contributed by atoms with Crippen LogP contribution in [0.15, 0.2) is 16.3 Å². The van der Waals surface area contributed by atoms with E-state index < -0.39 is 10.0 Å². The molecular weight excluding hydrogens is 292 g/mol. The van der Waals surface area contributed by atoms with Gasteiger partial charge in [0.25, 0.3) is 0 Å². The van der Waals surface area contributed by atoms with Crippen LogP contribution in [-0.2, 0) is 16.4 Å². The Morgan fingerprint density at radius 1 is 1.30 bits per heavy atom. The molecule has 1 saturated carbocycles. The van der Waals surface area contributed by atoms with Crippen molar-refractivity contribution in [2.45, 2.75) is 62.2 Å². The molecule has 2 rings (SSSR count). The zero-order chi connectivity index (χ0) is 14.6. The minimum Gasteiger partial charge on any atom is -0.314 e. The maximum atomic E-state index is 12.3. The Morgan fingerprint density at radius 2 is 2.00 bits per heavy atom. The molecule has 0 unspecified atom stereocenters. The third kappa shape index (κ3) is 4.55. The summed E-state index contributed by atoms with van der Waals surface area (Å²) in [4.78, 5) is 1.12. The fourth-order valence-electron chi connectivity index (χ4n) is 2.44. The Morgan fingerprint density at radius 3 is 2.65 bits per heavy atom. The monoisotopic (exact) mass is 316 g/mol. The number of thiophene rings is 1. The van der Waals surface area contributed by atoms with Gasteiger partial charge in [-0.25, -0.2) is 13.1 Å². The molecule has 0 aromatic carbocycles. The van der Waals surface area contributed by atoms with Gasteiger partial charge in [0.1, 0.15) is 4.21 Å². The summed E-state index contributed by atoms with van der Waals surface area (Å²) in [6.45, 7) is 5.10. The van der Waals surface area contributed by atoms with E-state index in [4.69, 9.17) is 0 Å². The van der Waals surface area contributed by atoms with Gasteiger partial charge >= 0.3 is 0 Å². The van der Waals surface area contributed by atoms with Crippen LogP contribution >= 0.6 is 11.3 Å². The van der Waals surface area contributed by atoms with E-state index in [0.717, 1.165) is 43.5 Å². The molecule has 0 bridgehead atoms. The van der Waals surface area contributed by atoms with Crippen molar-refractivity contribution >= 4 is 21.4 Å². The highest BCUT2D eigenvalue weighted by atomic mass is 32.2. The second-order valence-electron chi connectivity index (χ2n) is 5.68. The van der Waals surface area contributed by atoms with Crippen molar-refractivity contribution in [3.05, 3.63) is 17.0 Å². The van der Waals surface area contributed by atoms with E-state index in [-0.39, 0.29) is 6.04 Å². The zero-order valence-electron chi connectivity index (χ0n) is 12.2. The molecule has 20 heavy (non-hydrogen) atoms. The zero-order valence-corrected chi connectivity index (χ0v) is 13.8. The average Bonchev–Trinajstić information content (AvgIpc) is 2.99. The van der Waals surface area contributed by atoms with Gasteiger partial charge in [0.15, 0.2) is 0 Å². The molecule has 114 valence electrons. The van der Waals surface area contributed by atoms with Crippen LogP contribution in [0.3, 0.4) is 0 Å². The van der Waals surface area contributed by atoms with E-state index in [1.165, 1.54) is 11.3 Å². The van der Waals surface area contributed by atoms with Crippen molar-refractivity contribution in [3.63, 3.8) is 0 Å². The molecule has 1 fully saturated rings. The molecule has 0 aliphatic heterocycles. The molecule has 2 N–H and O–H groups in total. The molecule has 1 aliphatic rings. The van der Waals surface area contributed by atoms with Gasteiger partial charge in [-0.3, -0.25) is 0 Å². The standard InChI is InChI=1S/C14H24N2O2S2/c1-11(2)15-10-9-13-7-8-14(19-13)20(17,18)16-12-5-3-4-6-12/h7-8,11-12,15-16H,3-6,9-10H2,1-2H3. The summed E-state index contributed by atoms with van der Waals surface area (Å²) >= 11 is 1.38. The van der Waals surface area contributed by atoms with Crippen molar-refractivity contribution in [1.29, 1.82) is 0 Å². The highest BCUT2D eigenvalue weighted by molar-refractivity contribution is 7.91. The average molecular weight is 316 g/mol. The first-order chi connectivity index (χ1) is 9.47. The smallest absolute Gasteiger partial charge is 0.250 e. The predicted octanol–water partition coefficient (Wildman–Crippen LogP) is 2.51. The molecule has 1 heterocycles. The van der Waals surface area contributed by atoms with Crippen LogP contribution in [0.2, 0.25) is 0 Å². The highest BCUT2D eigenvalue weighted by Gasteiger charge is 2.24. The Balaban J connectivity index is 1.92. The molecule has 6 heteroatoms. The van der Waals surface area contributed by atoms with Crippen LogP contribution in [-0.4, -0.2) is 27.0 Å². The van der Waals surface area contributed by atoms with Gasteiger partial charge in [0, 0.05) is 23.5 Å². The SMILES string of the molecule is CC(C)NCCc1ccc(S(=O)(=O)NC2CCCC2)s1. The van der Waals surface area contributed by atoms with E-state index in [0.29, 0.717) is 10.3 Å². The molecule has 0 saturated heterocycles. The molecule has 0 atom stereocenters. The first kappa shape index (κ1) is 15.9. The van der Waals surface area contributed by atoms with Crippen molar-refractivity contribution in [2.75, 3.05) is 6.54 Å². The first-order valence-electron chi connectivity index (χ1n) is 7.32. The van der Waals surface area contributed by atoms with Crippen LogP contribution < -0.4 is 10.0 Å². The number of hydrogen-bond acceptors (Lipinski definition) is 4. The maximum Gasteiger partial charge on any atom is 0.250 e. The number of rotatable bonds is 7. The lowest BCUT2D eigenvalue weighted by molar-refractivity contribution is 0.554. The van der Waals surface area contributed by atoms with Crippen LogP contribution in [0, 0.1) is 0 Å². The summed E-state index contributed by atoms with van der Waals surface area (Å²) in [5.74, 6) is 0. The van der Waals surface area contributed by atoms with Crippen LogP contribution in [0.5, 0.6) is 0 Å². The Bertz CT molecular complexity index is 517. The molecule has 4 nitrogen and oxygen atoms in total. The molecule has 1 aromatic rings. The fourth-order valence-corrected chi connectivity index (χ4v) is 5.12. The summed E-state index contributed by atoms with van der Waals surface area (Å²) < 4.78 is 27.8. The van der Waals surface area contributed by atoms with Gasteiger partial charge < -0.3 is 5.32 Å². The fraction of sp³-hybridized carbons (Fsp3) is 0.714. The molecule has 0 amide bonds. The second kappa shape index (κ2) is 7.02. The highest BCUT2D eigenvalue weighted by Crippen LogP contribution is 2.25. The van der Waals surface area contributed by atoms with E-state index >= 15 is 0 Å². The van der Waals surface area contributed by atoms with Gasteiger partial charge in [-0.15, -0.1) is 11.3 Å². The van der Waals surface area contributed by atoms with E-state index in [2.05, 4.69) is 23.9 Å². The van der Waals surface area contributed by atoms with Crippen molar-refractivity contribution in [1.82, 2.24) is 10.0 Å². The molecule has 1 aliphatic carbocycles. The third-order valence-electron chi connectivity index (χ3n) is 3.50. The summed E-state index contributed by atoms with van der Waals surface area (Å²) in [7, 11) is -3.32. The van der Waals surface area contributed by atoms with Crippen molar-refractivity contribution in [3.8, 4) is 0 Å². The predicted molar refractivity (Wildman–Crippen MR) is 83.7 cm³/mol. The van der Waals surface area contributed by atoms with Gasteiger partial charge in [-0.2, -0.15) is 0 Å². The first-order valence-corrected chi connectivity index (χ1v) is 9.62. The molecular formula is C14H24N2O2S2. The number of nitrogens with one attached hydrogen (secondary N) is 2. The summed E-state index contributed by atoms with van der Waals surface area (Å²) in [6.07, 6.45) is 5.07. The lowest BCUT2D eigenvalue weighted by atomic mass is 10.3. The second-order valence-corrected chi connectivity index (χ2v) is 8.79. The van der Waals surface area contributed by atoms with E-state index in [1.807, 2.05) is 6.07 Å². The van der Waals surface area contributed by atoms with Gasteiger partial charge in [-0.1, -0.05) is 26.7 Å². The largest absolute Gasteiger partial charge is 0.314 e.